The molecule has 0 fully saturated rings. The summed E-state index contributed by atoms with van der Waals surface area (Å²) in [4.78, 5) is 12.1. The zero-order chi connectivity index (χ0) is 15.0. The first-order valence-electron chi connectivity index (χ1n) is 6.65. The predicted molar refractivity (Wildman–Crippen MR) is 75.9 cm³/mol. The highest BCUT2D eigenvalue weighted by molar-refractivity contribution is 5.94. The van der Waals surface area contributed by atoms with Crippen LogP contribution in [0, 0.1) is 0 Å². The fourth-order valence-corrected chi connectivity index (χ4v) is 1.86. The highest BCUT2D eigenvalue weighted by atomic mass is 16.5. The maximum atomic E-state index is 12.1. The van der Waals surface area contributed by atoms with Crippen molar-refractivity contribution in [3.05, 3.63) is 17.7 Å². The van der Waals surface area contributed by atoms with Gasteiger partial charge in [-0.3, -0.25) is 0 Å². The van der Waals surface area contributed by atoms with Gasteiger partial charge >= 0.3 is 5.97 Å². The van der Waals surface area contributed by atoms with Crippen molar-refractivity contribution in [2.75, 3.05) is 27.9 Å². The summed E-state index contributed by atoms with van der Waals surface area (Å²) in [6.07, 6.45) is 2.98. The molecule has 0 aromatic heterocycles. The fourth-order valence-electron chi connectivity index (χ4n) is 1.86. The molecule has 0 spiro atoms. The van der Waals surface area contributed by atoms with Crippen molar-refractivity contribution in [2.45, 2.75) is 26.2 Å². The summed E-state index contributed by atoms with van der Waals surface area (Å²) in [5, 5.41) is 0. The van der Waals surface area contributed by atoms with Gasteiger partial charge in [-0.2, -0.15) is 0 Å². The number of ether oxygens (including phenoxy) is 4. The van der Waals surface area contributed by atoms with Crippen molar-refractivity contribution < 1.29 is 23.7 Å². The van der Waals surface area contributed by atoms with Crippen LogP contribution in [0.3, 0.4) is 0 Å². The molecule has 5 heteroatoms. The molecule has 0 atom stereocenters. The monoisotopic (exact) mass is 282 g/mol. The average Bonchev–Trinajstić information content (AvgIpc) is 2.49. The zero-order valence-electron chi connectivity index (χ0n) is 12.5. The van der Waals surface area contributed by atoms with E-state index in [4.69, 9.17) is 18.9 Å². The number of benzene rings is 1. The van der Waals surface area contributed by atoms with Crippen LogP contribution in [0.1, 0.15) is 36.5 Å². The lowest BCUT2D eigenvalue weighted by Crippen LogP contribution is -2.09. The van der Waals surface area contributed by atoms with Gasteiger partial charge in [0.1, 0.15) is 5.56 Å². The van der Waals surface area contributed by atoms with Gasteiger partial charge in [0.25, 0.3) is 0 Å². The van der Waals surface area contributed by atoms with Gasteiger partial charge in [0.2, 0.25) is 5.75 Å². The van der Waals surface area contributed by atoms with Crippen molar-refractivity contribution in [3.8, 4) is 17.2 Å². The van der Waals surface area contributed by atoms with Crippen LogP contribution in [0.2, 0.25) is 0 Å². The number of carbonyl (C=O) groups is 1. The molecule has 1 aromatic carbocycles. The number of methoxy groups -OCH3 is 3. The van der Waals surface area contributed by atoms with Gasteiger partial charge in [-0.15, -0.1) is 0 Å². The van der Waals surface area contributed by atoms with E-state index < -0.39 is 5.97 Å². The average molecular weight is 282 g/mol. The first-order chi connectivity index (χ1) is 9.69. The molecule has 0 N–H and O–H groups in total. The van der Waals surface area contributed by atoms with Gasteiger partial charge in [0, 0.05) is 0 Å². The summed E-state index contributed by atoms with van der Waals surface area (Å²) in [5.41, 5.74) is 0.335. The third-order valence-corrected chi connectivity index (χ3v) is 2.91. The van der Waals surface area contributed by atoms with Gasteiger partial charge in [-0.05, 0) is 18.6 Å². The van der Waals surface area contributed by atoms with Gasteiger partial charge in [0.05, 0.1) is 27.9 Å². The van der Waals surface area contributed by atoms with Crippen LogP contribution < -0.4 is 14.2 Å². The topological polar surface area (TPSA) is 54.0 Å². The molecule has 0 saturated carbocycles. The highest BCUT2D eigenvalue weighted by Crippen LogP contribution is 2.39. The van der Waals surface area contributed by atoms with E-state index in [1.54, 1.807) is 12.1 Å². The number of esters is 1. The Balaban J connectivity index is 2.91. The number of hydrogen-bond donors (Lipinski definition) is 0. The largest absolute Gasteiger partial charge is 0.493 e. The van der Waals surface area contributed by atoms with Crippen LogP contribution in [0.15, 0.2) is 12.1 Å². The molecule has 1 aromatic rings. The molecule has 0 unspecified atom stereocenters. The molecule has 0 amide bonds. The standard InChI is InChI=1S/C15H22O5/c1-5-6-7-10-20-15(16)11-8-9-12(17-2)14(19-4)13(11)18-3/h8-9H,5-7,10H2,1-4H3. The van der Waals surface area contributed by atoms with Crippen molar-refractivity contribution in [1.29, 1.82) is 0 Å². The van der Waals surface area contributed by atoms with E-state index in [1.165, 1.54) is 21.3 Å². The Kier molecular flexibility index (Phi) is 6.70. The van der Waals surface area contributed by atoms with E-state index >= 15 is 0 Å². The summed E-state index contributed by atoms with van der Waals surface area (Å²) in [7, 11) is 4.50. The first kappa shape index (κ1) is 16.1. The number of rotatable bonds is 8. The van der Waals surface area contributed by atoms with Crippen LogP contribution in [-0.4, -0.2) is 33.9 Å². The first-order valence-corrected chi connectivity index (χ1v) is 6.65. The van der Waals surface area contributed by atoms with E-state index in [1.807, 2.05) is 0 Å². The summed E-state index contributed by atoms with van der Waals surface area (Å²) in [6.45, 7) is 2.50. The van der Waals surface area contributed by atoms with E-state index in [-0.39, 0.29) is 0 Å². The van der Waals surface area contributed by atoms with Crippen LogP contribution >= 0.6 is 0 Å². The van der Waals surface area contributed by atoms with E-state index in [9.17, 15) is 4.79 Å². The molecule has 0 heterocycles. The molecule has 5 nitrogen and oxygen atoms in total. The smallest absolute Gasteiger partial charge is 0.342 e. The normalized spacial score (nSPS) is 10.0. The molecule has 0 aliphatic heterocycles. The lowest BCUT2D eigenvalue weighted by atomic mass is 10.1. The Morgan fingerprint density at radius 1 is 1.00 bits per heavy atom. The zero-order valence-corrected chi connectivity index (χ0v) is 12.5. The SMILES string of the molecule is CCCCCOC(=O)c1ccc(OC)c(OC)c1OC. The van der Waals surface area contributed by atoms with Crippen LogP contribution in [0.5, 0.6) is 17.2 Å². The summed E-state index contributed by atoms with van der Waals surface area (Å²) < 4.78 is 20.9. The molecule has 0 bridgehead atoms. The van der Waals surface area contributed by atoms with E-state index in [2.05, 4.69) is 6.92 Å². The maximum absolute atomic E-state index is 12.1. The second-order valence-corrected chi connectivity index (χ2v) is 4.22. The van der Waals surface area contributed by atoms with Crippen molar-refractivity contribution >= 4 is 5.97 Å². The molecule has 20 heavy (non-hydrogen) atoms. The number of hydrogen-bond acceptors (Lipinski definition) is 5. The summed E-state index contributed by atoms with van der Waals surface area (Å²) >= 11 is 0. The number of carbonyl (C=O) groups excluding carboxylic acids is 1. The van der Waals surface area contributed by atoms with Crippen molar-refractivity contribution in [2.24, 2.45) is 0 Å². The third kappa shape index (κ3) is 3.79. The maximum Gasteiger partial charge on any atom is 0.342 e. The highest BCUT2D eigenvalue weighted by Gasteiger charge is 2.21. The fraction of sp³-hybridized carbons (Fsp3) is 0.533. The molecule has 0 aliphatic carbocycles. The van der Waals surface area contributed by atoms with Gasteiger partial charge in [-0.25, -0.2) is 4.79 Å². The summed E-state index contributed by atoms with van der Waals surface area (Å²) in [6, 6.07) is 3.27. The van der Waals surface area contributed by atoms with Crippen LogP contribution in [-0.2, 0) is 4.74 Å². The molecule has 1 rings (SSSR count). The Bertz CT molecular complexity index is 442. The molecular formula is C15H22O5. The van der Waals surface area contributed by atoms with Gasteiger partial charge in [-0.1, -0.05) is 19.8 Å². The third-order valence-electron chi connectivity index (χ3n) is 2.91. The molecule has 0 radical (unpaired) electrons. The molecule has 112 valence electrons. The minimum atomic E-state index is -0.418. The van der Waals surface area contributed by atoms with Crippen molar-refractivity contribution in [1.82, 2.24) is 0 Å². The Labute approximate surface area is 119 Å². The minimum absolute atomic E-state index is 0.326. The molecular weight excluding hydrogens is 260 g/mol. The van der Waals surface area contributed by atoms with Crippen LogP contribution in [0.25, 0.3) is 0 Å². The Hall–Kier alpha value is -1.91. The van der Waals surface area contributed by atoms with Gasteiger partial charge in [0.15, 0.2) is 11.5 Å². The molecule has 0 aliphatic rings. The molecule has 0 saturated heterocycles. The lowest BCUT2D eigenvalue weighted by molar-refractivity contribution is 0.0493. The minimum Gasteiger partial charge on any atom is -0.493 e. The van der Waals surface area contributed by atoms with Gasteiger partial charge < -0.3 is 18.9 Å². The Morgan fingerprint density at radius 3 is 2.25 bits per heavy atom. The quantitative estimate of drug-likeness (QED) is 0.542. The Morgan fingerprint density at radius 2 is 1.70 bits per heavy atom. The van der Waals surface area contributed by atoms with E-state index in [0.717, 1.165) is 19.3 Å². The van der Waals surface area contributed by atoms with E-state index in [0.29, 0.717) is 29.4 Å². The predicted octanol–water partition coefficient (Wildman–Crippen LogP) is 3.06. The summed E-state index contributed by atoms with van der Waals surface area (Å²) in [5.74, 6) is 0.802. The van der Waals surface area contributed by atoms with Crippen LogP contribution in [0.4, 0.5) is 0 Å². The number of unbranched alkanes of at least 4 members (excludes halogenated alkanes) is 2. The lowest BCUT2D eigenvalue weighted by Gasteiger charge is -2.15. The van der Waals surface area contributed by atoms with Crippen molar-refractivity contribution in [3.63, 3.8) is 0 Å². The second kappa shape index (κ2) is 8.30. The second-order valence-electron chi connectivity index (χ2n) is 4.22.